The topological polar surface area (TPSA) is 134 Å². The van der Waals surface area contributed by atoms with Crippen molar-refractivity contribution in [2.45, 2.75) is 31.5 Å². The van der Waals surface area contributed by atoms with E-state index in [0.717, 1.165) is 0 Å². The highest BCUT2D eigenvalue weighted by molar-refractivity contribution is 5.83. The molecule has 0 aromatic carbocycles. The van der Waals surface area contributed by atoms with Crippen molar-refractivity contribution in [3.05, 3.63) is 12.7 Å². The Hall–Kier alpha value is -2.30. The lowest BCUT2D eigenvalue weighted by Gasteiger charge is -2.16. The molecule has 10 heteroatoms. The van der Waals surface area contributed by atoms with Crippen molar-refractivity contribution < 1.29 is 19.7 Å². The third kappa shape index (κ3) is 2.50. The number of nitrogens with zero attached hydrogens (tertiary/aromatic N) is 4. The number of rotatable bonds is 4. The highest BCUT2D eigenvalue weighted by atomic mass is 16.6. The van der Waals surface area contributed by atoms with Gasteiger partial charge in [0.05, 0.1) is 6.33 Å². The van der Waals surface area contributed by atoms with Gasteiger partial charge in [-0.05, 0) is 6.92 Å². The van der Waals surface area contributed by atoms with Gasteiger partial charge < -0.3 is 25.6 Å². The molecule has 0 aliphatic carbocycles. The van der Waals surface area contributed by atoms with Crippen LogP contribution in [0.1, 0.15) is 13.2 Å². The minimum atomic E-state index is -1.34. The Kier molecular flexibility index (Phi) is 4.11. The van der Waals surface area contributed by atoms with Crippen molar-refractivity contribution in [1.82, 2.24) is 24.8 Å². The average molecular weight is 322 g/mol. The summed E-state index contributed by atoms with van der Waals surface area (Å²) in [7, 11) is 1.70. The molecule has 2 aromatic heterocycles. The van der Waals surface area contributed by atoms with E-state index >= 15 is 0 Å². The lowest BCUT2D eigenvalue weighted by molar-refractivity contribution is -0.137. The first-order chi connectivity index (χ1) is 11.1. The number of hydrogen-bond donors (Lipinski definition) is 4. The summed E-state index contributed by atoms with van der Waals surface area (Å²) in [5.74, 6) is 0.0542. The second kappa shape index (κ2) is 6.07. The van der Waals surface area contributed by atoms with Crippen molar-refractivity contribution in [2.75, 3.05) is 18.9 Å². The molecule has 10 nitrogen and oxygen atoms in total. The van der Waals surface area contributed by atoms with Crippen LogP contribution < -0.4 is 10.6 Å². The minimum absolute atomic E-state index is 0.402. The summed E-state index contributed by atoms with van der Waals surface area (Å²) < 4.78 is 7.03. The summed E-state index contributed by atoms with van der Waals surface area (Å²) in [6.45, 7) is 2.16. The van der Waals surface area contributed by atoms with Crippen molar-refractivity contribution in [2.24, 2.45) is 0 Å². The molecule has 0 saturated carbocycles. The zero-order valence-electron chi connectivity index (χ0n) is 12.7. The zero-order chi connectivity index (χ0) is 16.6. The van der Waals surface area contributed by atoms with Crippen LogP contribution in [0, 0.1) is 0 Å². The van der Waals surface area contributed by atoms with E-state index in [1.165, 1.54) is 17.2 Å². The molecule has 1 fully saturated rings. The van der Waals surface area contributed by atoms with Crippen LogP contribution in [0.5, 0.6) is 0 Å². The molecule has 23 heavy (non-hydrogen) atoms. The monoisotopic (exact) mass is 322 g/mol. The lowest BCUT2D eigenvalue weighted by atomic mass is 10.1. The molecular formula is C13H18N6O4. The number of likely N-dealkylation sites (N-methyl/N-ethyl adjacent to an activating group) is 1. The first-order valence-electron chi connectivity index (χ1n) is 7.23. The molecule has 2 aromatic rings. The summed E-state index contributed by atoms with van der Waals surface area (Å²) in [4.78, 5) is 24.3. The molecule has 3 rings (SSSR count). The molecule has 0 spiro atoms. The third-order valence-electron chi connectivity index (χ3n) is 3.72. The van der Waals surface area contributed by atoms with Gasteiger partial charge in [0, 0.05) is 13.6 Å². The van der Waals surface area contributed by atoms with E-state index in [1.54, 1.807) is 14.0 Å². The SMILES string of the molecule is CCNC(=O)[C@H]1OC(n2cnc3c(NC)ncnc32)[C@H](O)[C@@H]1O. The Labute approximate surface area is 131 Å². The number of hydrogen-bond acceptors (Lipinski definition) is 8. The minimum Gasteiger partial charge on any atom is -0.387 e. The van der Waals surface area contributed by atoms with Gasteiger partial charge in [-0.1, -0.05) is 0 Å². The van der Waals surface area contributed by atoms with Crippen LogP contribution in [-0.2, 0) is 9.53 Å². The number of aliphatic hydroxyl groups excluding tert-OH is 2. The van der Waals surface area contributed by atoms with Crippen LogP contribution in [0.2, 0.25) is 0 Å². The fourth-order valence-corrected chi connectivity index (χ4v) is 2.60. The van der Waals surface area contributed by atoms with Gasteiger partial charge >= 0.3 is 0 Å². The maximum atomic E-state index is 11.9. The summed E-state index contributed by atoms with van der Waals surface area (Å²) in [6.07, 6.45) is -1.96. The van der Waals surface area contributed by atoms with E-state index in [4.69, 9.17) is 4.74 Å². The number of fused-ring (bicyclic) bond motifs is 1. The van der Waals surface area contributed by atoms with E-state index < -0.39 is 30.4 Å². The van der Waals surface area contributed by atoms with Gasteiger partial charge in [0.25, 0.3) is 5.91 Å². The smallest absolute Gasteiger partial charge is 0.252 e. The van der Waals surface area contributed by atoms with E-state index in [-0.39, 0.29) is 0 Å². The van der Waals surface area contributed by atoms with Crippen LogP contribution in [-0.4, -0.2) is 67.5 Å². The molecule has 1 unspecified atom stereocenters. The van der Waals surface area contributed by atoms with Crippen molar-refractivity contribution in [3.63, 3.8) is 0 Å². The molecule has 4 atom stereocenters. The summed E-state index contributed by atoms with van der Waals surface area (Å²) in [5.41, 5.74) is 0.930. The number of carbonyl (C=O) groups excluding carboxylic acids is 1. The number of aliphatic hydroxyl groups is 2. The fourth-order valence-electron chi connectivity index (χ4n) is 2.60. The quantitative estimate of drug-likeness (QED) is 0.541. The first kappa shape index (κ1) is 15.6. The Balaban J connectivity index is 1.95. The number of imidazole rings is 1. The summed E-state index contributed by atoms with van der Waals surface area (Å²) in [5, 5.41) is 25.8. The lowest BCUT2D eigenvalue weighted by Crippen LogP contribution is -2.42. The molecule has 0 bridgehead atoms. The number of aromatic nitrogens is 4. The van der Waals surface area contributed by atoms with Crippen LogP contribution in [0.25, 0.3) is 11.2 Å². The van der Waals surface area contributed by atoms with Crippen LogP contribution in [0.3, 0.4) is 0 Å². The third-order valence-corrected chi connectivity index (χ3v) is 3.72. The van der Waals surface area contributed by atoms with Gasteiger partial charge in [-0.3, -0.25) is 9.36 Å². The van der Waals surface area contributed by atoms with E-state index in [2.05, 4.69) is 25.6 Å². The number of ether oxygens (including phenoxy) is 1. The maximum Gasteiger partial charge on any atom is 0.252 e. The normalized spacial score (nSPS) is 27.3. The Bertz CT molecular complexity index is 720. The van der Waals surface area contributed by atoms with Crippen molar-refractivity contribution in [3.8, 4) is 0 Å². The highest BCUT2D eigenvalue weighted by Crippen LogP contribution is 2.32. The molecular weight excluding hydrogens is 304 g/mol. The van der Waals surface area contributed by atoms with E-state index in [1.807, 2.05) is 0 Å². The average Bonchev–Trinajstić information content (AvgIpc) is 3.10. The van der Waals surface area contributed by atoms with E-state index in [0.29, 0.717) is 23.5 Å². The predicted octanol–water partition coefficient (Wildman–Crippen LogP) is -1.38. The number of amides is 1. The molecule has 1 aliphatic rings. The standard InChI is InChI=1S/C13H18N6O4/c1-3-15-12(22)9-7(20)8(21)13(23-9)19-5-18-6-10(14-2)16-4-17-11(6)19/h4-5,7-9,13,20-21H,3H2,1-2H3,(H,15,22)(H,14,16,17)/t7-,8+,9-,13?/m0/s1. The second-order valence-electron chi connectivity index (χ2n) is 5.12. The zero-order valence-corrected chi connectivity index (χ0v) is 12.7. The number of nitrogens with one attached hydrogen (secondary N) is 2. The second-order valence-corrected chi connectivity index (χ2v) is 5.12. The van der Waals surface area contributed by atoms with Crippen LogP contribution in [0.15, 0.2) is 12.7 Å². The van der Waals surface area contributed by atoms with Gasteiger partial charge in [-0.15, -0.1) is 0 Å². The van der Waals surface area contributed by atoms with Crippen molar-refractivity contribution >= 4 is 22.9 Å². The predicted molar refractivity (Wildman–Crippen MR) is 79.5 cm³/mol. The molecule has 4 N–H and O–H groups in total. The largest absolute Gasteiger partial charge is 0.387 e. The number of carbonyl (C=O) groups is 1. The van der Waals surface area contributed by atoms with Crippen LogP contribution >= 0.6 is 0 Å². The van der Waals surface area contributed by atoms with Gasteiger partial charge in [-0.25, -0.2) is 15.0 Å². The van der Waals surface area contributed by atoms with E-state index in [9.17, 15) is 15.0 Å². The molecule has 0 radical (unpaired) electrons. The maximum absolute atomic E-state index is 11.9. The molecule has 124 valence electrons. The summed E-state index contributed by atoms with van der Waals surface area (Å²) in [6, 6.07) is 0. The van der Waals surface area contributed by atoms with Gasteiger partial charge in [0.1, 0.15) is 24.1 Å². The molecule has 1 saturated heterocycles. The van der Waals surface area contributed by atoms with Crippen LogP contribution in [0.4, 0.5) is 5.82 Å². The highest BCUT2D eigenvalue weighted by Gasteiger charge is 2.47. The number of anilines is 1. The fraction of sp³-hybridized carbons (Fsp3) is 0.538. The van der Waals surface area contributed by atoms with Gasteiger partial charge in [-0.2, -0.15) is 0 Å². The van der Waals surface area contributed by atoms with Gasteiger partial charge in [0.2, 0.25) is 0 Å². The summed E-state index contributed by atoms with van der Waals surface area (Å²) >= 11 is 0. The van der Waals surface area contributed by atoms with Crippen molar-refractivity contribution in [1.29, 1.82) is 0 Å². The molecule has 3 heterocycles. The Morgan fingerprint density at radius 2 is 2.13 bits per heavy atom. The first-order valence-corrected chi connectivity index (χ1v) is 7.23. The van der Waals surface area contributed by atoms with Gasteiger partial charge in [0.15, 0.2) is 23.8 Å². The molecule has 1 aliphatic heterocycles. The molecule has 1 amide bonds. The Morgan fingerprint density at radius 1 is 1.35 bits per heavy atom. The Morgan fingerprint density at radius 3 is 2.83 bits per heavy atom.